The fraction of sp³-hybridized carbons (Fsp3) is 0.625. The fourth-order valence-electron chi connectivity index (χ4n) is 2.91. The molecule has 0 aromatic heterocycles. The molecule has 1 aromatic carbocycles. The summed E-state index contributed by atoms with van der Waals surface area (Å²) in [5.74, 6) is 2.38. The van der Waals surface area contributed by atoms with Gasteiger partial charge in [-0.3, -0.25) is 0 Å². The Morgan fingerprint density at radius 2 is 1.95 bits per heavy atom. The number of ether oxygens (including phenoxy) is 2. The molecule has 2 aliphatic rings. The number of nitrogens with one attached hydrogen (secondary N) is 1. The van der Waals surface area contributed by atoms with E-state index in [4.69, 9.17) is 9.47 Å². The van der Waals surface area contributed by atoms with E-state index in [0.29, 0.717) is 31.2 Å². The van der Waals surface area contributed by atoms with Crippen molar-refractivity contribution in [2.75, 3.05) is 31.2 Å². The monoisotopic (exact) mass is 276 g/mol. The van der Waals surface area contributed by atoms with E-state index in [1.54, 1.807) is 0 Å². The summed E-state index contributed by atoms with van der Waals surface area (Å²) in [5, 5.41) is 3.63. The molecule has 0 amide bonds. The Morgan fingerprint density at radius 1 is 1.20 bits per heavy atom. The van der Waals surface area contributed by atoms with Crippen LogP contribution in [-0.4, -0.2) is 38.4 Å². The molecule has 4 nitrogen and oxygen atoms in total. The first-order chi connectivity index (χ1) is 9.65. The lowest BCUT2D eigenvalue weighted by molar-refractivity contribution is 0.171. The van der Waals surface area contributed by atoms with Gasteiger partial charge in [-0.15, -0.1) is 0 Å². The van der Waals surface area contributed by atoms with Gasteiger partial charge in [-0.2, -0.15) is 0 Å². The first-order valence-electron chi connectivity index (χ1n) is 7.55. The SMILES string of the molecule is CC(C)C1CN(c2ccc3c(c2)OCCO3)C(C)CN1. The molecular weight excluding hydrogens is 252 g/mol. The van der Waals surface area contributed by atoms with Crippen molar-refractivity contribution in [3.8, 4) is 11.5 Å². The summed E-state index contributed by atoms with van der Waals surface area (Å²) in [6, 6.07) is 7.33. The van der Waals surface area contributed by atoms with Gasteiger partial charge >= 0.3 is 0 Å². The molecule has 1 N–H and O–H groups in total. The third-order valence-corrected chi connectivity index (χ3v) is 4.26. The van der Waals surface area contributed by atoms with Crippen LogP contribution in [0.2, 0.25) is 0 Å². The second-order valence-corrected chi connectivity index (χ2v) is 6.09. The normalized spacial score (nSPS) is 25.9. The predicted octanol–water partition coefficient (Wildman–Crippen LogP) is 2.28. The predicted molar refractivity (Wildman–Crippen MR) is 80.9 cm³/mol. The van der Waals surface area contributed by atoms with Crippen molar-refractivity contribution in [2.45, 2.75) is 32.9 Å². The third kappa shape index (κ3) is 2.57. The average Bonchev–Trinajstić information content (AvgIpc) is 2.47. The minimum atomic E-state index is 0.493. The number of rotatable bonds is 2. The van der Waals surface area contributed by atoms with Gasteiger partial charge in [-0.1, -0.05) is 13.8 Å². The number of hydrogen-bond donors (Lipinski definition) is 1. The van der Waals surface area contributed by atoms with Gasteiger partial charge in [-0.25, -0.2) is 0 Å². The van der Waals surface area contributed by atoms with E-state index in [1.165, 1.54) is 5.69 Å². The highest BCUT2D eigenvalue weighted by Gasteiger charge is 2.27. The molecule has 0 bridgehead atoms. The Kier molecular flexibility index (Phi) is 3.74. The van der Waals surface area contributed by atoms with Gasteiger partial charge in [0.25, 0.3) is 0 Å². The zero-order valence-electron chi connectivity index (χ0n) is 12.6. The Morgan fingerprint density at radius 3 is 2.70 bits per heavy atom. The second kappa shape index (κ2) is 5.52. The van der Waals surface area contributed by atoms with E-state index >= 15 is 0 Å². The lowest BCUT2D eigenvalue weighted by Crippen LogP contribution is -2.57. The van der Waals surface area contributed by atoms with Crippen molar-refractivity contribution < 1.29 is 9.47 Å². The second-order valence-electron chi connectivity index (χ2n) is 6.09. The maximum atomic E-state index is 5.70. The molecule has 3 rings (SSSR count). The molecule has 2 unspecified atom stereocenters. The minimum Gasteiger partial charge on any atom is -0.486 e. The van der Waals surface area contributed by atoms with Crippen LogP contribution in [0.4, 0.5) is 5.69 Å². The van der Waals surface area contributed by atoms with E-state index in [0.717, 1.165) is 24.6 Å². The Bertz CT molecular complexity index is 476. The van der Waals surface area contributed by atoms with Crippen LogP contribution in [0.25, 0.3) is 0 Å². The van der Waals surface area contributed by atoms with E-state index in [2.05, 4.69) is 43.1 Å². The molecular formula is C16H24N2O2. The van der Waals surface area contributed by atoms with Crippen LogP contribution < -0.4 is 19.7 Å². The van der Waals surface area contributed by atoms with Crippen LogP contribution in [0.5, 0.6) is 11.5 Å². The molecule has 2 aliphatic heterocycles. The van der Waals surface area contributed by atoms with Gasteiger partial charge in [0.15, 0.2) is 11.5 Å². The molecule has 20 heavy (non-hydrogen) atoms. The molecule has 0 saturated carbocycles. The molecule has 1 aromatic rings. The van der Waals surface area contributed by atoms with Crippen LogP contribution in [0.1, 0.15) is 20.8 Å². The summed E-state index contributed by atoms with van der Waals surface area (Å²) in [5.41, 5.74) is 1.23. The molecule has 2 heterocycles. The van der Waals surface area contributed by atoms with Crippen LogP contribution in [-0.2, 0) is 0 Å². The van der Waals surface area contributed by atoms with Crippen molar-refractivity contribution in [3.05, 3.63) is 18.2 Å². The highest BCUT2D eigenvalue weighted by Crippen LogP contribution is 2.35. The maximum Gasteiger partial charge on any atom is 0.163 e. The smallest absolute Gasteiger partial charge is 0.163 e. The molecule has 2 atom stereocenters. The molecule has 110 valence electrons. The van der Waals surface area contributed by atoms with Gasteiger partial charge in [-0.05, 0) is 25.0 Å². The fourth-order valence-corrected chi connectivity index (χ4v) is 2.91. The van der Waals surface area contributed by atoms with Gasteiger partial charge in [0.2, 0.25) is 0 Å². The summed E-state index contributed by atoms with van der Waals surface area (Å²) in [4.78, 5) is 2.47. The largest absolute Gasteiger partial charge is 0.486 e. The Hall–Kier alpha value is -1.42. The molecule has 1 fully saturated rings. The number of fused-ring (bicyclic) bond motifs is 1. The van der Waals surface area contributed by atoms with Crippen molar-refractivity contribution in [1.29, 1.82) is 0 Å². The zero-order valence-corrected chi connectivity index (χ0v) is 12.6. The van der Waals surface area contributed by atoms with E-state index < -0.39 is 0 Å². The third-order valence-electron chi connectivity index (χ3n) is 4.26. The summed E-state index contributed by atoms with van der Waals surface area (Å²) in [7, 11) is 0. The van der Waals surface area contributed by atoms with Gasteiger partial charge in [0, 0.05) is 36.9 Å². The van der Waals surface area contributed by atoms with Crippen molar-refractivity contribution >= 4 is 5.69 Å². The van der Waals surface area contributed by atoms with Crippen LogP contribution in [0, 0.1) is 5.92 Å². The van der Waals surface area contributed by atoms with Crippen LogP contribution in [0.3, 0.4) is 0 Å². The first-order valence-corrected chi connectivity index (χ1v) is 7.55. The minimum absolute atomic E-state index is 0.493. The topological polar surface area (TPSA) is 33.7 Å². The van der Waals surface area contributed by atoms with Crippen molar-refractivity contribution in [1.82, 2.24) is 5.32 Å². The van der Waals surface area contributed by atoms with Crippen LogP contribution in [0.15, 0.2) is 18.2 Å². The lowest BCUT2D eigenvalue weighted by Gasteiger charge is -2.42. The molecule has 0 spiro atoms. The molecule has 0 aliphatic carbocycles. The molecule has 1 saturated heterocycles. The Balaban J connectivity index is 1.83. The Labute approximate surface area is 121 Å². The quantitative estimate of drug-likeness (QED) is 0.898. The number of nitrogens with zero attached hydrogens (tertiary/aromatic N) is 1. The lowest BCUT2D eigenvalue weighted by atomic mass is 9.99. The number of piperazine rings is 1. The highest BCUT2D eigenvalue weighted by atomic mass is 16.6. The summed E-state index contributed by atoms with van der Waals surface area (Å²) in [6.45, 7) is 10.2. The summed E-state index contributed by atoms with van der Waals surface area (Å²) in [6.07, 6.45) is 0. The van der Waals surface area contributed by atoms with Gasteiger partial charge in [0.1, 0.15) is 13.2 Å². The number of anilines is 1. The zero-order chi connectivity index (χ0) is 14.1. The van der Waals surface area contributed by atoms with E-state index in [1.807, 2.05) is 6.07 Å². The first kappa shape index (κ1) is 13.6. The molecule has 4 heteroatoms. The average molecular weight is 276 g/mol. The van der Waals surface area contributed by atoms with Gasteiger partial charge < -0.3 is 19.7 Å². The number of benzene rings is 1. The summed E-state index contributed by atoms with van der Waals surface area (Å²) < 4.78 is 11.3. The standard InChI is InChI=1S/C16H24N2O2/c1-11(2)14-10-18(12(3)9-17-14)13-4-5-15-16(8-13)20-7-6-19-15/h4-5,8,11-12,14,17H,6-7,9-10H2,1-3H3. The van der Waals surface area contributed by atoms with Crippen molar-refractivity contribution in [3.63, 3.8) is 0 Å². The summed E-state index contributed by atoms with van der Waals surface area (Å²) >= 11 is 0. The van der Waals surface area contributed by atoms with Crippen molar-refractivity contribution in [2.24, 2.45) is 5.92 Å². The van der Waals surface area contributed by atoms with Crippen LogP contribution >= 0.6 is 0 Å². The van der Waals surface area contributed by atoms with Gasteiger partial charge in [0.05, 0.1) is 0 Å². The highest BCUT2D eigenvalue weighted by molar-refractivity contribution is 5.57. The maximum absolute atomic E-state index is 5.70. The van der Waals surface area contributed by atoms with E-state index in [9.17, 15) is 0 Å². The molecule has 0 radical (unpaired) electrons. The number of hydrogen-bond acceptors (Lipinski definition) is 4. The van der Waals surface area contributed by atoms with E-state index in [-0.39, 0.29) is 0 Å².